The number of rotatable bonds is 5. The van der Waals surface area contributed by atoms with E-state index in [1.54, 1.807) is 0 Å². The van der Waals surface area contributed by atoms with Crippen molar-refractivity contribution in [3.63, 3.8) is 0 Å². The first-order valence-corrected chi connectivity index (χ1v) is 12.0. The molecule has 7 nitrogen and oxygen atoms in total. The third-order valence-electron chi connectivity index (χ3n) is 6.69. The highest BCUT2D eigenvalue weighted by Gasteiger charge is 2.34. The van der Waals surface area contributed by atoms with Gasteiger partial charge in [0.2, 0.25) is 0 Å². The smallest absolute Gasteiger partial charge is 0.407 e. The Morgan fingerprint density at radius 2 is 1.53 bits per heavy atom. The van der Waals surface area contributed by atoms with E-state index in [2.05, 4.69) is 0 Å². The van der Waals surface area contributed by atoms with E-state index in [-0.39, 0.29) is 25.0 Å². The quantitative estimate of drug-likeness (QED) is 0.403. The molecular weight excluding hydrogens is 452 g/mol. The van der Waals surface area contributed by atoms with Crippen LogP contribution in [0.3, 0.4) is 0 Å². The lowest BCUT2D eigenvalue weighted by atomic mass is 10.00. The summed E-state index contributed by atoms with van der Waals surface area (Å²) < 4.78 is 1.96. The predicted molar refractivity (Wildman–Crippen MR) is 140 cm³/mol. The minimum Gasteiger partial charge on any atom is -0.465 e. The number of benzene rings is 3. The Labute approximate surface area is 210 Å². The van der Waals surface area contributed by atoms with Gasteiger partial charge in [-0.1, -0.05) is 72.8 Å². The van der Waals surface area contributed by atoms with Crippen LogP contribution >= 0.6 is 0 Å². The van der Waals surface area contributed by atoms with Crippen LogP contribution in [0, 0.1) is 0 Å². The second-order valence-corrected chi connectivity index (χ2v) is 8.94. The van der Waals surface area contributed by atoms with Gasteiger partial charge >= 0.3 is 6.09 Å². The number of nitrogens with two attached hydrogens (primary N) is 1. The molecule has 5 rings (SSSR count). The van der Waals surface area contributed by atoms with Gasteiger partial charge in [-0.05, 0) is 35.7 Å². The Kier molecular flexibility index (Phi) is 6.45. The summed E-state index contributed by atoms with van der Waals surface area (Å²) >= 11 is 0. The molecule has 0 unspecified atom stereocenters. The van der Waals surface area contributed by atoms with Crippen LogP contribution in [0.2, 0.25) is 0 Å². The number of carboxylic acid groups (broad SMARTS) is 1. The fourth-order valence-electron chi connectivity index (χ4n) is 4.92. The molecule has 1 atom stereocenters. The lowest BCUT2D eigenvalue weighted by Gasteiger charge is -2.40. The third kappa shape index (κ3) is 4.55. The highest BCUT2D eigenvalue weighted by atomic mass is 16.4. The molecule has 0 spiro atoms. The average Bonchev–Trinajstić information content (AvgIpc) is 3.34. The minimum absolute atomic E-state index is 0.118. The summed E-state index contributed by atoms with van der Waals surface area (Å²) in [7, 11) is 0. The molecule has 0 radical (unpaired) electrons. The molecule has 3 N–H and O–H groups in total. The summed E-state index contributed by atoms with van der Waals surface area (Å²) in [4.78, 5) is 29.1. The van der Waals surface area contributed by atoms with Gasteiger partial charge < -0.3 is 25.2 Å². The summed E-state index contributed by atoms with van der Waals surface area (Å²) in [6, 6.07) is 28.8. The summed E-state index contributed by atoms with van der Waals surface area (Å²) in [5.74, 6) is -0.118. The number of hydrogen-bond donors (Lipinski definition) is 2. The molecule has 0 saturated carbocycles. The van der Waals surface area contributed by atoms with Crippen LogP contribution in [0.4, 0.5) is 10.5 Å². The molecule has 7 heteroatoms. The van der Waals surface area contributed by atoms with Crippen molar-refractivity contribution < 1.29 is 14.7 Å². The van der Waals surface area contributed by atoms with Crippen molar-refractivity contribution in [2.75, 3.05) is 25.4 Å². The fourth-order valence-corrected chi connectivity index (χ4v) is 4.92. The number of anilines is 1. The van der Waals surface area contributed by atoms with Crippen molar-refractivity contribution in [3.05, 3.63) is 108 Å². The number of piperazine rings is 1. The molecule has 0 bridgehead atoms. The first-order chi connectivity index (χ1) is 17.5. The van der Waals surface area contributed by atoms with E-state index in [0.29, 0.717) is 24.2 Å². The van der Waals surface area contributed by atoms with Gasteiger partial charge in [0, 0.05) is 25.8 Å². The molecule has 182 valence electrons. The number of hydrogen-bond acceptors (Lipinski definition) is 3. The number of para-hydroxylation sites is 2. The van der Waals surface area contributed by atoms with E-state index in [0.717, 1.165) is 22.5 Å². The molecule has 2 amide bonds. The monoisotopic (exact) mass is 480 g/mol. The number of carbonyl (C=O) groups is 2. The van der Waals surface area contributed by atoms with Crippen LogP contribution < -0.4 is 5.73 Å². The second kappa shape index (κ2) is 10.00. The van der Waals surface area contributed by atoms with Crippen molar-refractivity contribution in [1.29, 1.82) is 0 Å². The molecular formula is C29H28N4O3. The number of nitrogen functional groups attached to an aromatic ring is 1. The Bertz CT molecular complexity index is 1370. The van der Waals surface area contributed by atoms with Crippen molar-refractivity contribution >= 4 is 17.7 Å². The number of aromatic nitrogens is 1. The molecule has 1 fully saturated rings. The zero-order valence-corrected chi connectivity index (χ0v) is 19.8. The average molecular weight is 481 g/mol. The fraction of sp³-hybridized carbons (Fsp3) is 0.172. The number of nitrogens with zero attached hydrogens (tertiary/aromatic N) is 3. The predicted octanol–water partition coefficient (Wildman–Crippen LogP) is 4.77. The zero-order chi connectivity index (χ0) is 25.1. The Morgan fingerprint density at radius 3 is 2.22 bits per heavy atom. The normalized spacial score (nSPS) is 15.6. The molecule has 36 heavy (non-hydrogen) atoms. The third-order valence-corrected chi connectivity index (χ3v) is 6.69. The molecule has 4 aromatic rings. The molecule has 0 aliphatic carbocycles. The van der Waals surface area contributed by atoms with Gasteiger partial charge in [-0.25, -0.2) is 4.79 Å². The van der Waals surface area contributed by atoms with E-state index in [4.69, 9.17) is 5.73 Å². The van der Waals surface area contributed by atoms with E-state index >= 15 is 0 Å². The van der Waals surface area contributed by atoms with Crippen LogP contribution in [0.5, 0.6) is 0 Å². The Hall–Kier alpha value is -4.52. The molecule has 1 aliphatic rings. The lowest BCUT2D eigenvalue weighted by Crippen LogP contribution is -2.57. The van der Waals surface area contributed by atoms with E-state index in [1.165, 1.54) is 4.90 Å². The first-order valence-electron chi connectivity index (χ1n) is 12.0. The van der Waals surface area contributed by atoms with Crippen LogP contribution in [-0.4, -0.2) is 57.1 Å². The van der Waals surface area contributed by atoms with E-state index in [1.807, 2.05) is 107 Å². The molecule has 1 saturated heterocycles. The van der Waals surface area contributed by atoms with Crippen LogP contribution in [0.15, 0.2) is 97.2 Å². The number of amides is 2. The zero-order valence-electron chi connectivity index (χ0n) is 19.8. The van der Waals surface area contributed by atoms with Gasteiger partial charge in [-0.2, -0.15) is 0 Å². The summed E-state index contributed by atoms with van der Waals surface area (Å²) in [6.07, 6.45) is 1.49. The van der Waals surface area contributed by atoms with Crippen LogP contribution in [0.1, 0.15) is 15.9 Å². The first kappa shape index (κ1) is 23.2. The van der Waals surface area contributed by atoms with Crippen LogP contribution in [0.25, 0.3) is 16.9 Å². The topological polar surface area (TPSA) is 91.8 Å². The summed E-state index contributed by atoms with van der Waals surface area (Å²) in [6.45, 7) is 0.873. The van der Waals surface area contributed by atoms with E-state index < -0.39 is 6.09 Å². The molecule has 1 aliphatic heterocycles. The van der Waals surface area contributed by atoms with Gasteiger partial charge in [0.15, 0.2) is 0 Å². The standard InChI is InChI=1S/C29H28N4O3/c30-25-13-7-8-14-26(25)33-16-15-24(27(33)22-11-5-2-6-12-22)28(34)32-18-17-31(29(35)36)20-23(32)19-21-9-3-1-4-10-21/h1-16,23H,17-20,30H2,(H,35,36)/t23-/m1/s1. The molecule has 2 heterocycles. The lowest BCUT2D eigenvalue weighted by molar-refractivity contribution is 0.0451. The van der Waals surface area contributed by atoms with Crippen molar-refractivity contribution in [2.24, 2.45) is 0 Å². The van der Waals surface area contributed by atoms with Gasteiger partial charge in [-0.3, -0.25) is 4.79 Å². The van der Waals surface area contributed by atoms with Gasteiger partial charge in [-0.15, -0.1) is 0 Å². The maximum Gasteiger partial charge on any atom is 0.407 e. The summed E-state index contributed by atoms with van der Waals surface area (Å²) in [5.41, 5.74) is 11.0. The van der Waals surface area contributed by atoms with Gasteiger partial charge in [0.05, 0.1) is 28.7 Å². The van der Waals surface area contributed by atoms with Gasteiger partial charge in [0.1, 0.15) is 0 Å². The minimum atomic E-state index is -0.962. The van der Waals surface area contributed by atoms with Crippen molar-refractivity contribution in [3.8, 4) is 16.9 Å². The Morgan fingerprint density at radius 1 is 0.861 bits per heavy atom. The van der Waals surface area contributed by atoms with E-state index in [9.17, 15) is 14.7 Å². The van der Waals surface area contributed by atoms with Crippen LogP contribution in [-0.2, 0) is 6.42 Å². The summed E-state index contributed by atoms with van der Waals surface area (Å²) in [5, 5.41) is 9.62. The van der Waals surface area contributed by atoms with Crippen molar-refractivity contribution in [2.45, 2.75) is 12.5 Å². The molecule has 3 aromatic carbocycles. The number of carbonyl (C=O) groups excluding carboxylic acids is 1. The SMILES string of the molecule is Nc1ccccc1-n1ccc(C(=O)N2CCN(C(=O)O)C[C@H]2Cc2ccccc2)c1-c1ccccc1. The highest BCUT2D eigenvalue weighted by Crippen LogP contribution is 2.32. The van der Waals surface area contributed by atoms with Crippen molar-refractivity contribution in [1.82, 2.24) is 14.4 Å². The molecule has 1 aromatic heterocycles. The highest BCUT2D eigenvalue weighted by molar-refractivity contribution is 6.01. The maximum atomic E-state index is 14.1. The van der Waals surface area contributed by atoms with Gasteiger partial charge in [0.25, 0.3) is 5.91 Å². The second-order valence-electron chi connectivity index (χ2n) is 8.94. The maximum absolute atomic E-state index is 14.1. The Balaban J connectivity index is 1.56. The largest absolute Gasteiger partial charge is 0.465 e.